The number of anilines is 1. The Morgan fingerprint density at radius 2 is 2.00 bits per heavy atom. The lowest BCUT2D eigenvalue weighted by atomic mass is 9.94. The van der Waals surface area contributed by atoms with Crippen LogP contribution >= 0.6 is 0 Å². The number of benzene rings is 2. The summed E-state index contributed by atoms with van der Waals surface area (Å²) < 4.78 is 16.4. The van der Waals surface area contributed by atoms with E-state index in [1.165, 1.54) is 18.3 Å². The quantitative estimate of drug-likeness (QED) is 0.446. The molecule has 0 fully saturated rings. The molecule has 2 heterocycles. The van der Waals surface area contributed by atoms with E-state index >= 15 is 0 Å². The summed E-state index contributed by atoms with van der Waals surface area (Å²) in [4.78, 5) is 4.71. The van der Waals surface area contributed by atoms with Crippen molar-refractivity contribution in [2.45, 2.75) is 6.92 Å². The first-order valence-corrected chi connectivity index (χ1v) is 9.60. The fourth-order valence-electron chi connectivity index (χ4n) is 3.69. The van der Waals surface area contributed by atoms with Gasteiger partial charge in [-0.3, -0.25) is 4.98 Å². The van der Waals surface area contributed by atoms with Crippen LogP contribution in [0.2, 0.25) is 0 Å². The Morgan fingerprint density at radius 3 is 2.70 bits per heavy atom. The second-order valence-electron chi connectivity index (χ2n) is 6.99. The second-order valence-corrected chi connectivity index (χ2v) is 6.99. The van der Waals surface area contributed by atoms with Crippen LogP contribution in [-0.4, -0.2) is 22.3 Å². The van der Waals surface area contributed by atoms with E-state index in [9.17, 15) is 4.39 Å². The normalized spacial score (nSPS) is 10.7. The maximum absolute atomic E-state index is 14.4. The van der Waals surface area contributed by atoms with Crippen molar-refractivity contribution in [3.8, 4) is 28.5 Å². The smallest absolute Gasteiger partial charge is 0.141 e. The monoisotopic (exact) mass is 397 g/mol. The molecular weight excluding hydrogens is 377 g/mol. The van der Waals surface area contributed by atoms with Crippen molar-refractivity contribution in [2.24, 2.45) is 7.05 Å². The molecule has 0 aliphatic rings. The van der Waals surface area contributed by atoms with Gasteiger partial charge in [0.15, 0.2) is 0 Å². The highest BCUT2D eigenvalue weighted by atomic mass is 19.1. The summed E-state index contributed by atoms with van der Waals surface area (Å²) in [5.41, 5.74) is 5.54. The van der Waals surface area contributed by atoms with Crippen LogP contribution in [0.5, 0.6) is 0 Å². The lowest BCUT2D eigenvalue weighted by molar-refractivity contribution is 0.624. The van der Waals surface area contributed by atoms with E-state index < -0.39 is 5.82 Å². The Kier molecular flexibility index (Phi) is 5.03. The molecule has 0 radical (unpaired) electrons. The number of hydrogen-bond donors (Lipinski definition) is 2. The van der Waals surface area contributed by atoms with Gasteiger partial charge in [0.25, 0.3) is 0 Å². The van der Waals surface area contributed by atoms with Gasteiger partial charge in [-0.2, -0.15) is 5.26 Å². The average Bonchev–Trinajstić information content (AvgIpc) is 3.14. The molecule has 0 amide bonds. The lowest BCUT2D eigenvalue weighted by Gasteiger charge is -2.14. The van der Waals surface area contributed by atoms with Gasteiger partial charge in [-0.15, -0.1) is 0 Å². The van der Waals surface area contributed by atoms with Crippen molar-refractivity contribution in [1.29, 1.82) is 10.7 Å². The summed E-state index contributed by atoms with van der Waals surface area (Å²) in [6.45, 7) is 2.76. The third kappa shape index (κ3) is 3.20. The minimum atomic E-state index is -0.559. The van der Waals surface area contributed by atoms with E-state index in [1.54, 1.807) is 12.3 Å². The van der Waals surface area contributed by atoms with Crippen LogP contribution < -0.4 is 5.32 Å². The van der Waals surface area contributed by atoms with Crippen molar-refractivity contribution in [2.75, 3.05) is 11.9 Å². The Balaban J connectivity index is 2.00. The molecule has 2 N–H and O–H groups in total. The number of halogens is 1. The van der Waals surface area contributed by atoms with Crippen LogP contribution in [-0.2, 0) is 7.05 Å². The van der Waals surface area contributed by atoms with Crippen molar-refractivity contribution in [3.63, 3.8) is 0 Å². The SMILES string of the molecule is CCNc1ccc(-c2ncc3c(ccn3C)c2-c2ccc(C#N)c(F)c2)cc1C=N. The molecule has 0 spiro atoms. The van der Waals surface area contributed by atoms with Gasteiger partial charge in [0.05, 0.1) is 23.0 Å². The van der Waals surface area contributed by atoms with E-state index in [1.807, 2.05) is 55.1 Å². The molecule has 0 atom stereocenters. The number of nitrogens with one attached hydrogen (secondary N) is 2. The third-order valence-electron chi connectivity index (χ3n) is 5.17. The maximum atomic E-state index is 14.4. The summed E-state index contributed by atoms with van der Waals surface area (Å²) in [7, 11) is 1.94. The number of nitriles is 1. The number of aryl methyl sites for hydroxylation is 1. The van der Waals surface area contributed by atoms with Crippen LogP contribution in [0, 0.1) is 22.6 Å². The Morgan fingerprint density at radius 1 is 1.20 bits per heavy atom. The maximum Gasteiger partial charge on any atom is 0.141 e. The standard InChI is InChI=1S/C24H20FN5/c1-3-28-21-7-6-16(10-18(21)13-27)24-23(15-4-5-17(12-26)20(25)11-15)19-8-9-30(2)22(19)14-29-24/h4-11,13-14,27-28H,3H2,1-2H3. The Hall–Kier alpha value is -3.98. The molecule has 148 valence electrons. The number of rotatable bonds is 5. The molecule has 4 aromatic rings. The van der Waals surface area contributed by atoms with Crippen LogP contribution in [0.4, 0.5) is 10.1 Å². The molecule has 5 nitrogen and oxygen atoms in total. The molecule has 6 heteroatoms. The van der Waals surface area contributed by atoms with Gasteiger partial charge in [-0.05, 0) is 42.8 Å². The summed E-state index contributed by atoms with van der Waals surface area (Å²) >= 11 is 0. The molecule has 0 aliphatic carbocycles. The third-order valence-corrected chi connectivity index (χ3v) is 5.17. The number of hydrogen-bond acceptors (Lipinski definition) is 4. The van der Waals surface area contributed by atoms with Crippen molar-refractivity contribution < 1.29 is 4.39 Å². The van der Waals surface area contributed by atoms with Gasteiger partial charge in [-0.1, -0.05) is 12.1 Å². The minimum Gasteiger partial charge on any atom is -0.385 e. The van der Waals surface area contributed by atoms with Gasteiger partial charge >= 0.3 is 0 Å². The minimum absolute atomic E-state index is 0.00887. The molecule has 0 aliphatic heterocycles. The topological polar surface area (TPSA) is 77.5 Å². The van der Waals surface area contributed by atoms with E-state index in [2.05, 4.69) is 5.32 Å². The first-order chi connectivity index (χ1) is 14.6. The fourth-order valence-corrected chi connectivity index (χ4v) is 3.69. The zero-order valence-corrected chi connectivity index (χ0v) is 16.7. The molecular formula is C24H20FN5. The molecule has 0 unspecified atom stereocenters. The van der Waals surface area contributed by atoms with Crippen LogP contribution in [0.3, 0.4) is 0 Å². The summed E-state index contributed by atoms with van der Waals surface area (Å²) in [6.07, 6.45) is 5.05. The van der Waals surface area contributed by atoms with E-state index in [-0.39, 0.29) is 5.56 Å². The molecule has 2 aromatic heterocycles. The zero-order chi connectivity index (χ0) is 21.3. The predicted octanol–water partition coefficient (Wildman–Crippen LogP) is 5.35. The fraction of sp³-hybridized carbons (Fsp3) is 0.125. The van der Waals surface area contributed by atoms with E-state index in [0.717, 1.165) is 39.8 Å². The van der Waals surface area contributed by atoms with Gasteiger partial charge < -0.3 is 15.3 Å². The summed E-state index contributed by atoms with van der Waals surface area (Å²) in [6, 6.07) is 14.3. The highest BCUT2D eigenvalue weighted by Gasteiger charge is 2.17. The highest BCUT2D eigenvalue weighted by molar-refractivity contribution is 6.02. The zero-order valence-electron chi connectivity index (χ0n) is 16.7. The van der Waals surface area contributed by atoms with Crippen molar-refractivity contribution in [1.82, 2.24) is 9.55 Å². The predicted molar refractivity (Wildman–Crippen MR) is 118 cm³/mol. The first-order valence-electron chi connectivity index (χ1n) is 9.60. The number of fused-ring (bicyclic) bond motifs is 1. The number of pyridine rings is 1. The second kappa shape index (κ2) is 7.80. The number of aromatic nitrogens is 2. The van der Waals surface area contributed by atoms with Gasteiger partial charge in [0.1, 0.15) is 11.9 Å². The lowest BCUT2D eigenvalue weighted by Crippen LogP contribution is -2.01. The molecule has 2 aromatic carbocycles. The summed E-state index contributed by atoms with van der Waals surface area (Å²) in [5, 5.41) is 21.1. The van der Waals surface area contributed by atoms with Gasteiger partial charge in [0.2, 0.25) is 0 Å². The largest absolute Gasteiger partial charge is 0.385 e. The molecule has 4 rings (SSSR count). The molecule has 0 saturated carbocycles. The average molecular weight is 397 g/mol. The number of nitrogens with zero attached hydrogens (tertiary/aromatic N) is 3. The first kappa shape index (κ1) is 19.3. The van der Waals surface area contributed by atoms with Crippen LogP contribution in [0.25, 0.3) is 33.3 Å². The van der Waals surface area contributed by atoms with Crippen LogP contribution in [0.15, 0.2) is 54.9 Å². The highest BCUT2D eigenvalue weighted by Crippen LogP contribution is 2.38. The van der Waals surface area contributed by atoms with Crippen molar-refractivity contribution >= 4 is 22.8 Å². The van der Waals surface area contributed by atoms with Crippen LogP contribution in [0.1, 0.15) is 18.1 Å². The summed E-state index contributed by atoms with van der Waals surface area (Å²) in [5.74, 6) is -0.559. The van der Waals surface area contributed by atoms with E-state index in [4.69, 9.17) is 15.7 Å². The molecule has 0 saturated heterocycles. The van der Waals surface area contributed by atoms with Gasteiger partial charge in [-0.25, -0.2) is 4.39 Å². The van der Waals surface area contributed by atoms with Crippen molar-refractivity contribution in [3.05, 3.63) is 71.8 Å². The molecule has 0 bridgehead atoms. The molecule has 30 heavy (non-hydrogen) atoms. The van der Waals surface area contributed by atoms with E-state index in [0.29, 0.717) is 11.3 Å². The Bertz CT molecular complexity index is 1310. The Labute approximate surface area is 173 Å². The van der Waals surface area contributed by atoms with Gasteiger partial charge in [0, 0.05) is 53.8 Å².